The van der Waals surface area contributed by atoms with Crippen molar-refractivity contribution in [2.75, 3.05) is 24.5 Å². The first-order valence-corrected chi connectivity index (χ1v) is 7.27. The van der Waals surface area contributed by atoms with Gasteiger partial charge >= 0.3 is 0 Å². The molecule has 1 unspecified atom stereocenters. The van der Waals surface area contributed by atoms with E-state index >= 15 is 0 Å². The number of piperidine rings is 1. The van der Waals surface area contributed by atoms with E-state index in [2.05, 4.69) is 9.88 Å². The molecule has 106 valence electrons. The molecule has 1 aromatic rings. The molecule has 0 saturated carbocycles. The van der Waals surface area contributed by atoms with Gasteiger partial charge in [0.25, 0.3) is 0 Å². The lowest BCUT2D eigenvalue weighted by Gasteiger charge is -2.34. The summed E-state index contributed by atoms with van der Waals surface area (Å²) in [4.78, 5) is 6.87. The van der Waals surface area contributed by atoms with Crippen LogP contribution in [-0.2, 0) is 0 Å². The van der Waals surface area contributed by atoms with E-state index in [9.17, 15) is 0 Å². The van der Waals surface area contributed by atoms with Gasteiger partial charge in [-0.05, 0) is 57.7 Å². The Bertz CT molecular complexity index is 393. The maximum Gasteiger partial charge on any atom is 0.171 e. The third kappa shape index (κ3) is 3.83. The molecule has 1 aliphatic heterocycles. The Kier molecular flexibility index (Phi) is 5.02. The van der Waals surface area contributed by atoms with Crippen LogP contribution in [0.3, 0.4) is 0 Å². The van der Waals surface area contributed by atoms with Crippen LogP contribution in [0.25, 0.3) is 0 Å². The average molecular weight is 263 g/mol. The van der Waals surface area contributed by atoms with Gasteiger partial charge in [-0.25, -0.2) is 4.98 Å². The van der Waals surface area contributed by atoms with Crippen molar-refractivity contribution in [3.63, 3.8) is 0 Å². The lowest BCUT2D eigenvalue weighted by molar-refractivity contribution is 0.241. The zero-order chi connectivity index (χ0) is 13.7. The van der Waals surface area contributed by atoms with Gasteiger partial charge in [-0.1, -0.05) is 0 Å². The highest BCUT2D eigenvalue weighted by atomic mass is 16.5. The first-order chi connectivity index (χ1) is 9.20. The van der Waals surface area contributed by atoms with Crippen molar-refractivity contribution in [3.05, 3.63) is 18.3 Å². The number of ether oxygens (including phenoxy) is 1. The van der Waals surface area contributed by atoms with E-state index in [-0.39, 0.29) is 6.10 Å². The smallest absolute Gasteiger partial charge is 0.171 e. The summed E-state index contributed by atoms with van der Waals surface area (Å²) in [5, 5.41) is 0. The fourth-order valence-electron chi connectivity index (χ4n) is 2.69. The fourth-order valence-corrected chi connectivity index (χ4v) is 2.69. The third-order valence-electron chi connectivity index (χ3n) is 3.51. The second-order valence-electron chi connectivity index (χ2n) is 5.52. The van der Waals surface area contributed by atoms with Gasteiger partial charge in [0.15, 0.2) is 11.6 Å². The molecule has 1 aliphatic rings. The summed E-state index contributed by atoms with van der Waals surface area (Å²) in [7, 11) is 0. The molecule has 0 spiro atoms. The Balaban J connectivity index is 2.11. The lowest BCUT2D eigenvalue weighted by Crippen LogP contribution is -2.37. The minimum atomic E-state index is 0.174. The zero-order valence-corrected chi connectivity index (χ0v) is 12.0. The van der Waals surface area contributed by atoms with Gasteiger partial charge in [-0.2, -0.15) is 0 Å². The standard InChI is InChI=1S/C15H25N3O/c1-12(2)19-14-6-3-9-17-15(14)18-10-4-5-13(11-18)7-8-16/h3,6,9,12-13H,4-5,7-8,10-11,16H2,1-2H3. The SMILES string of the molecule is CC(C)Oc1cccnc1N1CCCC(CCN)C1. The van der Waals surface area contributed by atoms with Crippen molar-refractivity contribution in [1.82, 2.24) is 4.98 Å². The van der Waals surface area contributed by atoms with Crippen molar-refractivity contribution in [3.8, 4) is 5.75 Å². The number of hydrogen-bond donors (Lipinski definition) is 1. The number of rotatable bonds is 5. The summed E-state index contributed by atoms with van der Waals surface area (Å²) in [6.07, 6.45) is 5.61. The summed E-state index contributed by atoms with van der Waals surface area (Å²) in [6, 6.07) is 3.94. The summed E-state index contributed by atoms with van der Waals surface area (Å²) in [5.41, 5.74) is 5.68. The minimum Gasteiger partial charge on any atom is -0.487 e. The van der Waals surface area contributed by atoms with E-state index < -0.39 is 0 Å². The van der Waals surface area contributed by atoms with Crippen LogP contribution in [0.1, 0.15) is 33.1 Å². The van der Waals surface area contributed by atoms with Crippen LogP contribution in [0.4, 0.5) is 5.82 Å². The minimum absolute atomic E-state index is 0.174. The Hall–Kier alpha value is -1.29. The second-order valence-corrected chi connectivity index (χ2v) is 5.52. The molecular formula is C15H25N3O. The predicted molar refractivity (Wildman–Crippen MR) is 78.6 cm³/mol. The van der Waals surface area contributed by atoms with Crippen LogP contribution < -0.4 is 15.4 Å². The molecule has 19 heavy (non-hydrogen) atoms. The van der Waals surface area contributed by atoms with Crippen LogP contribution >= 0.6 is 0 Å². The molecule has 0 radical (unpaired) electrons. The van der Waals surface area contributed by atoms with Crippen molar-refractivity contribution in [1.29, 1.82) is 0 Å². The van der Waals surface area contributed by atoms with Crippen molar-refractivity contribution in [2.24, 2.45) is 11.7 Å². The van der Waals surface area contributed by atoms with E-state index in [4.69, 9.17) is 10.5 Å². The van der Waals surface area contributed by atoms with Crippen molar-refractivity contribution in [2.45, 2.75) is 39.2 Å². The molecule has 2 heterocycles. The van der Waals surface area contributed by atoms with Gasteiger partial charge in [-0.3, -0.25) is 0 Å². The molecule has 1 aromatic heterocycles. The molecule has 1 saturated heterocycles. The molecule has 2 rings (SSSR count). The molecule has 1 fully saturated rings. The highest BCUT2D eigenvalue weighted by Crippen LogP contribution is 2.30. The first kappa shape index (κ1) is 14.1. The fraction of sp³-hybridized carbons (Fsp3) is 0.667. The highest BCUT2D eigenvalue weighted by Gasteiger charge is 2.22. The quantitative estimate of drug-likeness (QED) is 0.886. The Morgan fingerprint density at radius 1 is 1.53 bits per heavy atom. The van der Waals surface area contributed by atoms with E-state index in [0.717, 1.165) is 37.6 Å². The Morgan fingerprint density at radius 3 is 3.11 bits per heavy atom. The summed E-state index contributed by atoms with van der Waals surface area (Å²) in [6.45, 7) is 6.97. The van der Waals surface area contributed by atoms with E-state index in [1.54, 1.807) is 0 Å². The van der Waals surface area contributed by atoms with Gasteiger partial charge < -0.3 is 15.4 Å². The largest absolute Gasteiger partial charge is 0.487 e. The monoisotopic (exact) mass is 263 g/mol. The lowest BCUT2D eigenvalue weighted by atomic mass is 9.95. The second kappa shape index (κ2) is 6.75. The zero-order valence-electron chi connectivity index (χ0n) is 12.0. The average Bonchev–Trinajstić information content (AvgIpc) is 2.39. The molecule has 0 amide bonds. The topological polar surface area (TPSA) is 51.4 Å². The summed E-state index contributed by atoms with van der Waals surface area (Å²) >= 11 is 0. The molecule has 0 aromatic carbocycles. The van der Waals surface area contributed by atoms with E-state index in [1.807, 2.05) is 32.2 Å². The Morgan fingerprint density at radius 2 is 2.37 bits per heavy atom. The van der Waals surface area contributed by atoms with Gasteiger partial charge in [0.1, 0.15) is 0 Å². The van der Waals surface area contributed by atoms with Gasteiger partial charge in [0.2, 0.25) is 0 Å². The number of hydrogen-bond acceptors (Lipinski definition) is 4. The van der Waals surface area contributed by atoms with E-state index in [0.29, 0.717) is 5.92 Å². The van der Waals surface area contributed by atoms with Crippen molar-refractivity contribution < 1.29 is 4.74 Å². The maximum absolute atomic E-state index is 5.86. The molecule has 4 nitrogen and oxygen atoms in total. The third-order valence-corrected chi connectivity index (χ3v) is 3.51. The Labute approximate surface area is 116 Å². The predicted octanol–water partition coefficient (Wildman–Crippen LogP) is 2.43. The number of pyridine rings is 1. The summed E-state index contributed by atoms with van der Waals surface area (Å²) < 4.78 is 5.86. The van der Waals surface area contributed by atoms with Gasteiger partial charge in [0, 0.05) is 19.3 Å². The van der Waals surface area contributed by atoms with Crippen LogP contribution in [0.5, 0.6) is 5.75 Å². The van der Waals surface area contributed by atoms with Crippen LogP contribution in [0.2, 0.25) is 0 Å². The molecule has 1 atom stereocenters. The number of anilines is 1. The van der Waals surface area contributed by atoms with Crippen LogP contribution in [0, 0.1) is 5.92 Å². The molecule has 2 N–H and O–H groups in total. The molecular weight excluding hydrogens is 238 g/mol. The molecule has 0 bridgehead atoms. The summed E-state index contributed by atoms with van der Waals surface area (Å²) in [5.74, 6) is 2.57. The molecule has 4 heteroatoms. The number of nitrogens with two attached hydrogens (primary N) is 1. The number of aromatic nitrogens is 1. The maximum atomic E-state index is 5.86. The highest BCUT2D eigenvalue weighted by molar-refractivity contribution is 5.52. The van der Waals surface area contributed by atoms with Crippen LogP contribution in [-0.4, -0.2) is 30.7 Å². The van der Waals surface area contributed by atoms with Gasteiger partial charge in [-0.15, -0.1) is 0 Å². The molecule has 0 aliphatic carbocycles. The van der Waals surface area contributed by atoms with Crippen molar-refractivity contribution >= 4 is 5.82 Å². The van der Waals surface area contributed by atoms with E-state index in [1.165, 1.54) is 12.8 Å². The van der Waals surface area contributed by atoms with Gasteiger partial charge in [0.05, 0.1) is 6.10 Å². The first-order valence-electron chi connectivity index (χ1n) is 7.27. The van der Waals surface area contributed by atoms with Crippen LogP contribution in [0.15, 0.2) is 18.3 Å². The normalized spacial score (nSPS) is 19.8. The number of nitrogens with zero attached hydrogens (tertiary/aromatic N) is 2.